The maximum Gasteiger partial charge on any atom is 0.416 e. The van der Waals surface area contributed by atoms with E-state index in [0.29, 0.717) is 48.5 Å². The van der Waals surface area contributed by atoms with Crippen LogP contribution in [0.2, 0.25) is 0 Å². The summed E-state index contributed by atoms with van der Waals surface area (Å²) in [6.07, 6.45) is -9.94. The van der Waals surface area contributed by atoms with Crippen molar-refractivity contribution >= 4 is 23.7 Å². The first-order valence-electron chi connectivity index (χ1n) is 13.7. The molecule has 2 aromatic carbocycles. The number of nitrogens with zero attached hydrogens (tertiary/aromatic N) is 4. The molecule has 0 aromatic heterocycles. The summed E-state index contributed by atoms with van der Waals surface area (Å²) in [6, 6.07) is 4.68. The largest absolute Gasteiger partial charge is 0.453 e. The molecule has 44 heavy (non-hydrogen) atoms. The number of likely N-dealkylation sites (N-methyl/N-ethyl adjacent to an activating group) is 1. The fourth-order valence-electron chi connectivity index (χ4n) is 5.71. The summed E-state index contributed by atoms with van der Waals surface area (Å²) >= 11 is 0. The maximum atomic E-state index is 13.7. The van der Waals surface area contributed by atoms with Crippen LogP contribution in [-0.2, 0) is 21.9 Å². The third-order valence-corrected chi connectivity index (χ3v) is 8.22. The summed E-state index contributed by atoms with van der Waals surface area (Å²) in [4.78, 5) is 43.8. The summed E-state index contributed by atoms with van der Waals surface area (Å²) < 4.78 is 99.2. The Balaban J connectivity index is 1.59. The molecule has 0 saturated carbocycles. The van der Waals surface area contributed by atoms with Gasteiger partial charge in [-0.25, -0.2) is 14.0 Å². The average molecular weight is 633 g/mol. The number of methoxy groups -OCH3 is 1. The lowest BCUT2D eigenvalue weighted by Crippen LogP contribution is -2.48. The van der Waals surface area contributed by atoms with E-state index in [1.54, 1.807) is 4.90 Å². The molecule has 2 atom stereocenters. The van der Waals surface area contributed by atoms with Gasteiger partial charge in [-0.15, -0.1) is 0 Å². The van der Waals surface area contributed by atoms with Crippen molar-refractivity contribution in [2.24, 2.45) is 5.92 Å². The van der Waals surface area contributed by atoms with Crippen LogP contribution in [-0.4, -0.2) is 86.2 Å². The van der Waals surface area contributed by atoms with E-state index < -0.39 is 65.0 Å². The molecule has 2 aliphatic rings. The Kier molecular flexibility index (Phi) is 9.35. The van der Waals surface area contributed by atoms with E-state index in [1.165, 1.54) is 48.2 Å². The minimum absolute atomic E-state index is 0.0184. The van der Waals surface area contributed by atoms with Crippen LogP contribution in [0.1, 0.15) is 35.4 Å². The van der Waals surface area contributed by atoms with Crippen molar-refractivity contribution in [1.29, 1.82) is 0 Å². The van der Waals surface area contributed by atoms with Gasteiger partial charge in [0, 0.05) is 57.8 Å². The zero-order chi connectivity index (χ0) is 32.6. The molecule has 0 bridgehead atoms. The first-order chi connectivity index (χ1) is 20.5. The van der Waals surface area contributed by atoms with Gasteiger partial charge in [0.05, 0.1) is 24.3 Å². The van der Waals surface area contributed by atoms with Crippen LogP contribution in [0.4, 0.5) is 46.0 Å². The smallest absolute Gasteiger partial charge is 0.416 e. The topological polar surface area (TPSA) is 73.4 Å². The fourth-order valence-corrected chi connectivity index (χ4v) is 5.71. The lowest BCUT2D eigenvalue weighted by atomic mass is 9.93. The molecule has 4 rings (SSSR count). The third-order valence-electron chi connectivity index (χ3n) is 8.22. The molecule has 8 nitrogen and oxygen atoms in total. The quantitative estimate of drug-likeness (QED) is 0.398. The standard InChI is InChI=1S/C29H31F7N4O4/c1-37(22-13-19(28(31,32)33)12-20(14-22)29(34,35)36)26(42)38(2)24-16-40(15-23(24)17-4-6-21(30)7-5-17)25(41)18-8-10-39(11-9-18)27(43)44-3/h4-7,12-14,18,23-24H,8-11,15-16H2,1-3H3/t23-,24+/m0/s1. The van der Waals surface area contributed by atoms with Gasteiger partial charge in [-0.3, -0.25) is 9.69 Å². The number of likely N-dealkylation sites (tertiary alicyclic amines) is 2. The van der Waals surface area contributed by atoms with Crippen molar-refractivity contribution in [3.05, 3.63) is 65.0 Å². The van der Waals surface area contributed by atoms with Crippen LogP contribution in [0.25, 0.3) is 0 Å². The van der Waals surface area contributed by atoms with E-state index in [9.17, 15) is 45.1 Å². The molecule has 2 fully saturated rings. The number of ether oxygens (including phenoxy) is 1. The van der Waals surface area contributed by atoms with Gasteiger partial charge in [-0.1, -0.05) is 12.1 Å². The number of amides is 4. The van der Waals surface area contributed by atoms with E-state index in [1.807, 2.05) is 0 Å². The average Bonchev–Trinajstić information content (AvgIpc) is 3.44. The number of alkyl halides is 6. The number of carbonyl (C=O) groups is 3. The number of benzene rings is 2. The van der Waals surface area contributed by atoms with Crippen molar-refractivity contribution < 1.29 is 49.9 Å². The first kappa shape index (κ1) is 32.9. The van der Waals surface area contributed by atoms with Gasteiger partial charge in [0.15, 0.2) is 0 Å². The minimum atomic E-state index is -5.10. The Morgan fingerprint density at radius 2 is 1.39 bits per heavy atom. The molecular weight excluding hydrogens is 601 g/mol. The minimum Gasteiger partial charge on any atom is -0.453 e. The highest BCUT2D eigenvalue weighted by Crippen LogP contribution is 2.39. The summed E-state index contributed by atoms with van der Waals surface area (Å²) in [5.41, 5.74) is -3.16. The molecule has 15 heteroatoms. The summed E-state index contributed by atoms with van der Waals surface area (Å²) in [5, 5.41) is 0. The molecule has 2 aliphatic heterocycles. The van der Waals surface area contributed by atoms with Crippen molar-refractivity contribution in [1.82, 2.24) is 14.7 Å². The third kappa shape index (κ3) is 7.02. The summed E-state index contributed by atoms with van der Waals surface area (Å²) in [7, 11) is 3.67. The second-order valence-electron chi connectivity index (χ2n) is 10.9. The SMILES string of the molecule is COC(=O)N1CCC(C(=O)N2C[C@@H](N(C)C(=O)N(C)c3cc(C(F)(F)F)cc(C(F)(F)F)c3)[C@H](c3ccc(F)cc3)C2)CC1. The van der Waals surface area contributed by atoms with Crippen LogP contribution in [0.15, 0.2) is 42.5 Å². The molecule has 2 heterocycles. The number of rotatable bonds is 4. The van der Waals surface area contributed by atoms with Crippen LogP contribution in [0.5, 0.6) is 0 Å². The van der Waals surface area contributed by atoms with E-state index in [-0.39, 0.29) is 25.1 Å². The number of hydrogen-bond donors (Lipinski definition) is 0. The maximum absolute atomic E-state index is 13.7. The lowest BCUT2D eigenvalue weighted by Gasteiger charge is -2.33. The van der Waals surface area contributed by atoms with Gasteiger partial charge in [0.2, 0.25) is 5.91 Å². The number of halogens is 7. The second kappa shape index (κ2) is 12.5. The fraction of sp³-hybridized carbons (Fsp3) is 0.483. The summed E-state index contributed by atoms with van der Waals surface area (Å²) in [5.74, 6) is -1.68. The Bertz CT molecular complexity index is 1340. The molecule has 2 saturated heterocycles. The molecule has 0 unspecified atom stereocenters. The number of anilines is 1. The van der Waals surface area contributed by atoms with E-state index in [2.05, 4.69) is 0 Å². The molecule has 240 valence electrons. The van der Waals surface area contributed by atoms with Crippen molar-refractivity contribution in [2.75, 3.05) is 52.3 Å². The number of urea groups is 1. The molecule has 4 amide bonds. The monoisotopic (exact) mass is 632 g/mol. The lowest BCUT2D eigenvalue weighted by molar-refractivity contribution is -0.143. The van der Waals surface area contributed by atoms with E-state index in [0.717, 1.165) is 7.05 Å². The van der Waals surface area contributed by atoms with Crippen molar-refractivity contribution in [3.63, 3.8) is 0 Å². The van der Waals surface area contributed by atoms with Crippen molar-refractivity contribution in [3.8, 4) is 0 Å². The highest BCUT2D eigenvalue weighted by Gasteiger charge is 2.43. The summed E-state index contributed by atoms with van der Waals surface area (Å²) in [6.45, 7) is 0.768. The second-order valence-corrected chi connectivity index (χ2v) is 10.9. The van der Waals surface area contributed by atoms with Crippen LogP contribution >= 0.6 is 0 Å². The molecule has 0 aliphatic carbocycles. The number of carbonyl (C=O) groups excluding carboxylic acids is 3. The van der Waals surface area contributed by atoms with E-state index in [4.69, 9.17) is 4.74 Å². The zero-order valence-electron chi connectivity index (χ0n) is 24.1. The molecular formula is C29H31F7N4O4. The zero-order valence-corrected chi connectivity index (χ0v) is 24.1. The van der Waals surface area contributed by atoms with Gasteiger partial charge in [0.1, 0.15) is 5.82 Å². The Morgan fingerprint density at radius 1 is 0.841 bits per heavy atom. The Labute approximate surface area is 248 Å². The predicted octanol–water partition coefficient (Wildman–Crippen LogP) is 5.82. The number of hydrogen-bond acceptors (Lipinski definition) is 4. The molecule has 0 radical (unpaired) electrons. The van der Waals surface area contributed by atoms with Gasteiger partial charge < -0.3 is 19.4 Å². The van der Waals surface area contributed by atoms with Crippen LogP contribution < -0.4 is 4.90 Å². The van der Waals surface area contributed by atoms with Crippen LogP contribution in [0, 0.1) is 11.7 Å². The Morgan fingerprint density at radius 3 is 1.89 bits per heavy atom. The van der Waals surface area contributed by atoms with Gasteiger partial charge in [-0.2, -0.15) is 26.3 Å². The van der Waals surface area contributed by atoms with Gasteiger partial charge >= 0.3 is 24.5 Å². The molecule has 0 spiro atoms. The highest BCUT2D eigenvalue weighted by atomic mass is 19.4. The van der Waals surface area contributed by atoms with E-state index >= 15 is 0 Å². The van der Waals surface area contributed by atoms with Crippen molar-refractivity contribution in [2.45, 2.75) is 37.2 Å². The predicted molar refractivity (Wildman–Crippen MR) is 144 cm³/mol. The Hall–Kier alpha value is -4.04. The number of piperidine rings is 1. The molecule has 0 N–H and O–H groups in total. The van der Waals surface area contributed by atoms with Gasteiger partial charge in [0.25, 0.3) is 0 Å². The van der Waals surface area contributed by atoms with Crippen LogP contribution in [0.3, 0.4) is 0 Å². The highest BCUT2D eigenvalue weighted by molar-refractivity contribution is 5.92. The normalized spacial score (nSPS) is 19.6. The first-order valence-corrected chi connectivity index (χ1v) is 13.7. The molecule has 2 aromatic rings. The van der Waals surface area contributed by atoms with Gasteiger partial charge in [-0.05, 0) is 48.7 Å².